The number of aryl methyl sites for hydroxylation is 2. The zero-order chi connectivity index (χ0) is 17.2. The van der Waals surface area contributed by atoms with Gasteiger partial charge in [0.15, 0.2) is 0 Å². The van der Waals surface area contributed by atoms with Gasteiger partial charge in [-0.05, 0) is 57.9 Å². The van der Waals surface area contributed by atoms with Crippen molar-refractivity contribution in [1.29, 1.82) is 0 Å². The molecule has 0 aliphatic rings. The van der Waals surface area contributed by atoms with Gasteiger partial charge in [0.2, 0.25) is 5.95 Å². The average Bonchev–Trinajstić information content (AvgIpc) is 2.35. The third-order valence-corrected chi connectivity index (χ3v) is 3.01. The van der Waals surface area contributed by atoms with Crippen LogP contribution < -0.4 is 11.1 Å². The van der Waals surface area contributed by atoms with Gasteiger partial charge < -0.3 is 10.5 Å². The van der Waals surface area contributed by atoms with Gasteiger partial charge in [0.1, 0.15) is 5.60 Å². The molecule has 122 valence electrons. The summed E-state index contributed by atoms with van der Waals surface area (Å²) in [7, 11) is 0. The largest absolute Gasteiger partial charge is 0.444 e. The van der Waals surface area contributed by atoms with Crippen molar-refractivity contribution in [3.63, 3.8) is 0 Å². The van der Waals surface area contributed by atoms with Crippen molar-refractivity contribution in [2.45, 2.75) is 40.2 Å². The summed E-state index contributed by atoms with van der Waals surface area (Å²) in [6.07, 6.45) is 1.07. The van der Waals surface area contributed by atoms with Gasteiger partial charge in [-0.3, -0.25) is 5.32 Å². The van der Waals surface area contributed by atoms with Crippen molar-refractivity contribution >= 4 is 17.7 Å². The number of nitrogens with two attached hydrogens (primary N) is 1. The molecule has 0 fully saturated rings. The molecular weight excluding hydrogens is 294 g/mol. The Bertz CT molecular complexity index is 714. The number of anilines is 2. The maximum absolute atomic E-state index is 11.9. The lowest BCUT2D eigenvalue weighted by molar-refractivity contribution is 0.0636. The Labute approximate surface area is 135 Å². The van der Waals surface area contributed by atoms with Crippen molar-refractivity contribution in [3.05, 3.63) is 29.5 Å². The maximum Gasteiger partial charge on any atom is 0.412 e. The topological polar surface area (TPSA) is 103 Å². The van der Waals surface area contributed by atoms with E-state index < -0.39 is 11.7 Å². The second-order valence-electron chi connectivity index (χ2n) is 6.31. The van der Waals surface area contributed by atoms with E-state index in [4.69, 9.17) is 10.5 Å². The second-order valence-corrected chi connectivity index (χ2v) is 6.31. The van der Waals surface area contributed by atoms with E-state index in [0.29, 0.717) is 11.4 Å². The van der Waals surface area contributed by atoms with Gasteiger partial charge in [-0.25, -0.2) is 9.78 Å². The van der Waals surface area contributed by atoms with Crippen LogP contribution in [0, 0.1) is 13.8 Å². The van der Waals surface area contributed by atoms with Gasteiger partial charge in [-0.15, -0.1) is 5.10 Å². The predicted molar refractivity (Wildman–Crippen MR) is 89.0 cm³/mol. The highest BCUT2D eigenvalue weighted by molar-refractivity contribution is 5.86. The molecule has 0 radical (unpaired) electrons. The standard InChI is InChI=1S/C16H21N5O2/c1-9-6-11(19-15(22)23-16(3,4)5)7-10(2)13(9)12-8-18-21-14(17)20-12/h6-8H,1-5H3,(H,19,22)(H2,17,20,21). The molecule has 0 spiro atoms. The molecule has 2 rings (SSSR count). The predicted octanol–water partition coefficient (Wildman–Crippen LogP) is 3.08. The molecule has 1 aromatic carbocycles. The third kappa shape index (κ3) is 4.38. The zero-order valence-electron chi connectivity index (χ0n) is 14.0. The fourth-order valence-corrected chi connectivity index (χ4v) is 2.30. The van der Waals surface area contributed by atoms with Gasteiger partial charge >= 0.3 is 6.09 Å². The highest BCUT2D eigenvalue weighted by Crippen LogP contribution is 2.28. The van der Waals surface area contributed by atoms with Gasteiger partial charge in [-0.2, -0.15) is 5.10 Å². The Morgan fingerprint density at radius 2 is 1.83 bits per heavy atom. The lowest BCUT2D eigenvalue weighted by atomic mass is 9.99. The first-order chi connectivity index (χ1) is 10.7. The number of benzene rings is 1. The molecule has 0 aliphatic heterocycles. The molecule has 7 heteroatoms. The third-order valence-electron chi connectivity index (χ3n) is 3.01. The summed E-state index contributed by atoms with van der Waals surface area (Å²) in [5.74, 6) is 0.122. The summed E-state index contributed by atoms with van der Waals surface area (Å²) in [5, 5.41) is 10.2. The number of aromatic nitrogens is 3. The van der Waals surface area contributed by atoms with E-state index >= 15 is 0 Å². The lowest BCUT2D eigenvalue weighted by Crippen LogP contribution is -2.27. The van der Waals surface area contributed by atoms with Crippen LogP contribution in [0.15, 0.2) is 18.3 Å². The van der Waals surface area contributed by atoms with Crippen LogP contribution in [0.3, 0.4) is 0 Å². The number of hydrogen-bond acceptors (Lipinski definition) is 6. The first-order valence-electron chi connectivity index (χ1n) is 7.22. The van der Waals surface area contributed by atoms with Crippen LogP contribution in [0.4, 0.5) is 16.4 Å². The minimum absolute atomic E-state index is 0.122. The van der Waals surface area contributed by atoms with Gasteiger partial charge in [0.25, 0.3) is 0 Å². The Morgan fingerprint density at radius 1 is 1.22 bits per heavy atom. The van der Waals surface area contributed by atoms with Crippen LogP contribution in [0.1, 0.15) is 31.9 Å². The molecule has 23 heavy (non-hydrogen) atoms. The summed E-state index contributed by atoms with van der Waals surface area (Å²) in [6.45, 7) is 9.32. The number of carbonyl (C=O) groups is 1. The van der Waals surface area contributed by atoms with Crippen molar-refractivity contribution in [2.24, 2.45) is 0 Å². The normalized spacial score (nSPS) is 11.2. The average molecular weight is 315 g/mol. The fourth-order valence-electron chi connectivity index (χ4n) is 2.30. The van der Waals surface area contributed by atoms with E-state index in [0.717, 1.165) is 16.7 Å². The number of nitrogen functional groups attached to an aromatic ring is 1. The maximum atomic E-state index is 11.9. The van der Waals surface area contributed by atoms with E-state index in [1.54, 1.807) is 6.20 Å². The van der Waals surface area contributed by atoms with Gasteiger partial charge in [0.05, 0.1) is 11.9 Å². The Kier molecular flexibility index (Phi) is 4.49. The summed E-state index contributed by atoms with van der Waals surface area (Å²) in [5.41, 5.74) is 9.16. The van der Waals surface area contributed by atoms with E-state index in [-0.39, 0.29) is 5.95 Å². The molecule has 7 nitrogen and oxygen atoms in total. The van der Waals surface area contributed by atoms with Gasteiger partial charge in [-0.1, -0.05) is 0 Å². The SMILES string of the molecule is Cc1cc(NC(=O)OC(C)(C)C)cc(C)c1-c1cnnc(N)n1. The molecule has 2 aromatic rings. The summed E-state index contributed by atoms with van der Waals surface area (Å²) in [4.78, 5) is 16.1. The molecule has 0 saturated carbocycles. The Morgan fingerprint density at radius 3 is 2.35 bits per heavy atom. The monoisotopic (exact) mass is 315 g/mol. The van der Waals surface area contributed by atoms with Crippen molar-refractivity contribution in [3.8, 4) is 11.3 Å². The summed E-state index contributed by atoms with van der Waals surface area (Å²) >= 11 is 0. The molecule has 0 saturated heterocycles. The number of hydrogen-bond donors (Lipinski definition) is 2. The first kappa shape index (κ1) is 16.7. The van der Waals surface area contributed by atoms with Crippen LogP contribution >= 0.6 is 0 Å². The fraction of sp³-hybridized carbons (Fsp3) is 0.375. The quantitative estimate of drug-likeness (QED) is 0.882. The first-order valence-corrected chi connectivity index (χ1v) is 7.22. The Balaban J connectivity index is 2.29. The molecule has 0 bridgehead atoms. The van der Waals surface area contributed by atoms with Crippen LogP contribution in [-0.4, -0.2) is 26.9 Å². The molecule has 1 amide bonds. The zero-order valence-corrected chi connectivity index (χ0v) is 14.0. The molecule has 1 aromatic heterocycles. The molecule has 0 aliphatic carbocycles. The van der Waals surface area contributed by atoms with E-state index in [9.17, 15) is 4.79 Å². The van der Waals surface area contributed by atoms with E-state index in [1.165, 1.54) is 0 Å². The van der Waals surface area contributed by atoms with E-state index in [2.05, 4.69) is 20.5 Å². The summed E-state index contributed by atoms with van der Waals surface area (Å²) < 4.78 is 5.25. The molecule has 1 heterocycles. The van der Waals surface area contributed by atoms with Crippen LogP contribution in [0.2, 0.25) is 0 Å². The number of amides is 1. The number of nitrogens with one attached hydrogen (secondary N) is 1. The molecule has 3 N–H and O–H groups in total. The number of ether oxygens (including phenoxy) is 1. The second kappa shape index (κ2) is 6.20. The minimum Gasteiger partial charge on any atom is -0.444 e. The number of rotatable bonds is 2. The van der Waals surface area contributed by atoms with E-state index in [1.807, 2.05) is 46.8 Å². The number of carbonyl (C=O) groups excluding carboxylic acids is 1. The lowest BCUT2D eigenvalue weighted by Gasteiger charge is -2.20. The number of nitrogens with zero attached hydrogens (tertiary/aromatic N) is 3. The Hall–Kier alpha value is -2.70. The van der Waals surface area contributed by atoms with Crippen molar-refractivity contribution < 1.29 is 9.53 Å². The smallest absolute Gasteiger partial charge is 0.412 e. The van der Waals surface area contributed by atoms with Crippen molar-refractivity contribution in [1.82, 2.24) is 15.2 Å². The molecular formula is C16H21N5O2. The highest BCUT2D eigenvalue weighted by atomic mass is 16.6. The molecule has 0 atom stereocenters. The minimum atomic E-state index is -0.543. The highest BCUT2D eigenvalue weighted by Gasteiger charge is 2.17. The van der Waals surface area contributed by atoms with Gasteiger partial charge in [0, 0.05) is 11.3 Å². The summed E-state index contributed by atoms with van der Waals surface area (Å²) in [6, 6.07) is 3.70. The van der Waals surface area contributed by atoms with Crippen LogP contribution in [-0.2, 0) is 4.74 Å². The molecule has 0 unspecified atom stereocenters. The van der Waals surface area contributed by atoms with Crippen LogP contribution in [0.25, 0.3) is 11.3 Å². The van der Waals surface area contributed by atoms with Crippen LogP contribution in [0.5, 0.6) is 0 Å². The van der Waals surface area contributed by atoms with Crippen molar-refractivity contribution in [2.75, 3.05) is 11.1 Å².